The molecule has 0 heterocycles. The average Bonchev–Trinajstić information content (AvgIpc) is 2.17. The SMILES string of the molecule is C.CC[C@@H](c1cccc(C)c1)[C@@H](C)CN(C)C. The average molecular weight is 235 g/mol. The van der Waals surface area contributed by atoms with Gasteiger partial charge in [0.15, 0.2) is 0 Å². The molecule has 17 heavy (non-hydrogen) atoms. The van der Waals surface area contributed by atoms with E-state index < -0.39 is 0 Å². The quantitative estimate of drug-likeness (QED) is 0.734. The van der Waals surface area contributed by atoms with E-state index in [9.17, 15) is 0 Å². The van der Waals surface area contributed by atoms with Gasteiger partial charge in [-0.1, -0.05) is 51.1 Å². The summed E-state index contributed by atoms with van der Waals surface area (Å²) < 4.78 is 0. The summed E-state index contributed by atoms with van der Waals surface area (Å²) in [5, 5.41) is 0. The minimum atomic E-state index is 0. The summed E-state index contributed by atoms with van der Waals surface area (Å²) in [7, 11) is 4.30. The molecule has 0 saturated carbocycles. The lowest BCUT2D eigenvalue weighted by Crippen LogP contribution is -2.24. The molecule has 1 nitrogen and oxygen atoms in total. The zero-order valence-electron chi connectivity index (χ0n) is 11.3. The van der Waals surface area contributed by atoms with Crippen molar-refractivity contribution in [1.82, 2.24) is 4.90 Å². The fraction of sp³-hybridized carbons (Fsp3) is 0.625. The molecule has 0 N–H and O–H groups in total. The van der Waals surface area contributed by atoms with Crippen LogP contribution in [0.15, 0.2) is 24.3 Å². The van der Waals surface area contributed by atoms with Crippen molar-refractivity contribution in [3.05, 3.63) is 35.4 Å². The van der Waals surface area contributed by atoms with Gasteiger partial charge in [-0.25, -0.2) is 0 Å². The Morgan fingerprint density at radius 1 is 1.24 bits per heavy atom. The summed E-state index contributed by atoms with van der Waals surface area (Å²) in [5.41, 5.74) is 2.87. The van der Waals surface area contributed by atoms with Crippen molar-refractivity contribution in [1.29, 1.82) is 0 Å². The minimum Gasteiger partial charge on any atom is -0.309 e. The molecule has 1 aromatic rings. The smallest absolute Gasteiger partial charge is 0.000676 e. The standard InChI is InChI=1S/C15H25N.CH4/c1-6-15(13(3)11-16(4)5)14-9-7-8-12(2)10-14;/h7-10,13,15H,6,11H2,1-5H3;1H4/t13-,15+;/m0./s1. The van der Waals surface area contributed by atoms with Gasteiger partial charge >= 0.3 is 0 Å². The first-order valence-electron chi connectivity index (χ1n) is 6.25. The van der Waals surface area contributed by atoms with Gasteiger partial charge < -0.3 is 4.90 Å². The van der Waals surface area contributed by atoms with Crippen LogP contribution in [0.3, 0.4) is 0 Å². The van der Waals surface area contributed by atoms with Crippen LogP contribution >= 0.6 is 0 Å². The van der Waals surface area contributed by atoms with E-state index in [1.54, 1.807) is 0 Å². The van der Waals surface area contributed by atoms with E-state index in [2.05, 4.69) is 64.0 Å². The van der Waals surface area contributed by atoms with Crippen molar-refractivity contribution >= 4 is 0 Å². The topological polar surface area (TPSA) is 3.24 Å². The van der Waals surface area contributed by atoms with Gasteiger partial charge in [0.1, 0.15) is 0 Å². The molecule has 0 aliphatic rings. The van der Waals surface area contributed by atoms with Crippen molar-refractivity contribution in [3.8, 4) is 0 Å². The third kappa shape index (κ3) is 4.91. The zero-order chi connectivity index (χ0) is 12.1. The van der Waals surface area contributed by atoms with Gasteiger partial charge in [-0.15, -0.1) is 0 Å². The Morgan fingerprint density at radius 3 is 2.35 bits per heavy atom. The maximum absolute atomic E-state index is 2.36. The number of hydrogen-bond donors (Lipinski definition) is 0. The molecule has 0 fully saturated rings. The van der Waals surface area contributed by atoms with E-state index in [0.29, 0.717) is 11.8 Å². The summed E-state index contributed by atoms with van der Waals surface area (Å²) in [5.74, 6) is 1.39. The Kier molecular flexibility index (Phi) is 7.13. The third-order valence-corrected chi connectivity index (χ3v) is 3.25. The molecule has 0 unspecified atom stereocenters. The molecule has 0 aromatic heterocycles. The van der Waals surface area contributed by atoms with Gasteiger partial charge in [0, 0.05) is 6.54 Å². The van der Waals surface area contributed by atoms with Crippen LogP contribution in [-0.2, 0) is 0 Å². The fourth-order valence-corrected chi connectivity index (χ4v) is 2.57. The number of nitrogens with zero attached hydrogens (tertiary/aromatic N) is 1. The molecule has 0 spiro atoms. The van der Waals surface area contributed by atoms with Crippen LogP contribution in [0.5, 0.6) is 0 Å². The highest BCUT2D eigenvalue weighted by Gasteiger charge is 2.17. The monoisotopic (exact) mass is 235 g/mol. The number of benzene rings is 1. The van der Waals surface area contributed by atoms with Crippen LogP contribution in [0.4, 0.5) is 0 Å². The van der Waals surface area contributed by atoms with Gasteiger partial charge in [-0.3, -0.25) is 0 Å². The summed E-state index contributed by atoms with van der Waals surface area (Å²) in [6.45, 7) is 7.98. The lowest BCUT2D eigenvalue weighted by molar-refractivity contribution is 0.301. The normalized spacial score (nSPS) is 14.2. The highest BCUT2D eigenvalue weighted by atomic mass is 15.1. The Labute approximate surface area is 108 Å². The second-order valence-corrected chi connectivity index (χ2v) is 5.17. The number of aryl methyl sites for hydroxylation is 1. The molecule has 1 aromatic carbocycles. The molecule has 0 aliphatic carbocycles. The van der Waals surface area contributed by atoms with Crippen molar-refractivity contribution in [2.45, 2.75) is 40.5 Å². The third-order valence-electron chi connectivity index (χ3n) is 3.25. The highest BCUT2D eigenvalue weighted by Crippen LogP contribution is 2.28. The molecule has 0 saturated heterocycles. The van der Waals surface area contributed by atoms with Crippen molar-refractivity contribution < 1.29 is 0 Å². The molecule has 0 aliphatic heterocycles. The molecule has 98 valence electrons. The van der Waals surface area contributed by atoms with E-state index in [-0.39, 0.29) is 7.43 Å². The van der Waals surface area contributed by atoms with Gasteiger partial charge in [-0.2, -0.15) is 0 Å². The van der Waals surface area contributed by atoms with Gasteiger partial charge in [0.2, 0.25) is 0 Å². The summed E-state index contributed by atoms with van der Waals surface area (Å²) in [6.07, 6.45) is 1.22. The Hall–Kier alpha value is -0.820. The van der Waals surface area contributed by atoms with Gasteiger partial charge in [0.25, 0.3) is 0 Å². The molecular weight excluding hydrogens is 206 g/mol. The molecule has 0 amide bonds. The van der Waals surface area contributed by atoms with Crippen molar-refractivity contribution in [3.63, 3.8) is 0 Å². The zero-order valence-corrected chi connectivity index (χ0v) is 11.3. The van der Waals surface area contributed by atoms with Gasteiger partial charge in [0.05, 0.1) is 0 Å². The number of hydrogen-bond acceptors (Lipinski definition) is 1. The Bertz CT molecular complexity index is 317. The van der Waals surface area contributed by atoms with Gasteiger partial charge in [-0.05, 0) is 44.8 Å². The second kappa shape index (κ2) is 7.50. The van der Waals surface area contributed by atoms with E-state index in [1.165, 1.54) is 17.5 Å². The second-order valence-electron chi connectivity index (χ2n) is 5.17. The first-order chi connectivity index (χ1) is 7.54. The first-order valence-corrected chi connectivity index (χ1v) is 6.25. The van der Waals surface area contributed by atoms with E-state index in [4.69, 9.17) is 0 Å². The largest absolute Gasteiger partial charge is 0.309 e. The Balaban J connectivity index is 0.00000256. The predicted octanol–water partition coefficient (Wildman–Crippen LogP) is 4.32. The van der Waals surface area contributed by atoms with Crippen LogP contribution in [0.1, 0.15) is 44.7 Å². The summed E-state index contributed by atoms with van der Waals surface area (Å²) >= 11 is 0. The molecule has 2 atom stereocenters. The summed E-state index contributed by atoms with van der Waals surface area (Å²) in [6, 6.07) is 8.95. The van der Waals surface area contributed by atoms with E-state index in [1.807, 2.05) is 0 Å². The molecular formula is C16H29N. The minimum absolute atomic E-state index is 0. The van der Waals surface area contributed by atoms with Crippen LogP contribution in [0, 0.1) is 12.8 Å². The molecule has 1 heteroatoms. The maximum atomic E-state index is 2.36. The highest BCUT2D eigenvalue weighted by molar-refractivity contribution is 5.25. The maximum Gasteiger partial charge on any atom is 0.000676 e. The van der Waals surface area contributed by atoms with E-state index in [0.717, 1.165) is 6.54 Å². The lowest BCUT2D eigenvalue weighted by Gasteiger charge is -2.26. The Morgan fingerprint density at radius 2 is 1.88 bits per heavy atom. The number of rotatable bonds is 5. The van der Waals surface area contributed by atoms with Crippen LogP contribution < -0.4 is 0 Å². The van der Waals surface area contributed by atoms with E-state index >= 15 is 0 Å². The summed E-state index contributed by atoms with van der Waals surface area (Å²) in [4.78, 5) is 2.28. The molecule has 1 rings (SSSR count). The molecule has 0 radical (unpaired) electrons. The lowest BCUT2D eigenvalue weighted by atomic mass is 9.84. The first kappa shape index (κ1) is 16.2. The van der Waals surface area contributed by atoms with Crippen LogP contribution in [0.2, 0.25) is 0 Å². The van der Waals surface area contributed by atoms with Crippen LogP contribution in [-0.4, -0.2) is 25.5 Å². The molecule has 0 bridgehead atoms. The van der Waals surface area contributed by atoms with Crippen molar-refractivity contribution in [2.75, 3.05) is 20.6 Å². The van der Waals surface area contributed by atoms with Crippen molar-refractivity contribution in [2.24, 2.45) is 5.92 Å². The fourth-order valence-electron chi connectivity index (χ4n) is 2.57. The predicted molar refractivity (Wildman–Crippen MR) is 78.7 cm³/mol. The van der Waals surface area contributed by atoms with Crippen LogP contribution in [0.25, 0.3) is 0 Å².